The van der Waals surface area contributed by atoms with Gasteiger partial charge in [-0.3, -0.25) is 9.52 Å². The van der Waals surface area contributed by atoms with Gasteiger partial charge in [0.25, 0.3) is 0 Å². The largest absolute Gasteiger partial charge is 0.274 e. The lowest BCUT2D eigenvalue weighted by Gasteiger charge is -2.09. The van der Waals surface area contributed by atoms with E-state index in [4.69, 9.17) is 0 Å². The number of aryl methyl sites for hydroxylation is 2. The van der Waals surface area contributed by atoms with Crippen molar-refractivity contribution in [2.75, 3.05) is 0 Å². The average molecular weight is 281 g/mol. The topological polar surface area (TPSA) is 63.2 Å². The molecule has 2 rings (SSSR count). The number of hydrogen-bond donors (Lipinski definition) is 1. The van der Waals surface area contributed by atoms with E-state index in [1.54, 1.807) is 0 Å². The predicted molar refractivity (Wildman–Crippen MR) is 74.0 cm³/mol. The van der Waals surface area contributed by atoms with Crippen LogP contribution in [0.3, 0.4) is 0 Å². The Balaban J connectivity index is 2.08. The summed E-state index contributed by atoms with van der Waals surface area (Å²) < 4.78 is 26.1. The van der Waals surface area contributed by atoms with E-state index in [9.17, 15) is 13.2 Å². The minimum atomic E-state index is -3.60. The SMILES string of the molecule is Cc1ccc(C)c(CS(=O)(=O)NC(=O)[C@@H]2C[C@H]2C)c1. The maximum atomic E-state index is 12.0. The molecule has 0 radical (unpaired) electrons. The van der Waals surface area contributed by atoms with Gasteiger partial charge in [-0.25, -0.2) is 8.42 Å². The lowest BCUT2D eigenvalue weighted by atomic mass is 10.1. The molecular weight excluding hydrogens is 262 g/mol. The van der Waals surface area contributed by atoms with E-state index in [0.717, 1.165) is 23.1 Å². The Morgan fingerprint density at radius 1 is 1.37 bits per heavy atom. The molecule has 0 aromatic heterocycles. The van der Waals surface area contributed by atoms with Crippen LogP contribution in [0.15, 0.2) is 18.2 Å². The second-order valence-electron chi connectivity index (χ2n) is 5.47. The Kier molecular flexibility index (Phi) is 3.67. The summed E-state index contributed by atoms with van der Waals surface area (Å²) in [7, 11) is -3.60. The first-order valence-corrected chi connectivity index (χ1v) is 8.04. The van der Waals surface area contributed by atoms with E-state index in [0.29, 0.717) is 5.92 Å². The van der Waals surface area contributed by atoms with Crippen LogP contribution in [0.25, 0.3) is 0 Å². The molecule has 5 heteroatoms. The van der Waals surface area contributed by atoms with Crippen molar-refractivity contribution in [1.82, 2.24) is 4.72 Å². The smallest absolute Gasteiger partial charge is 0.239 e. The highest BCUT2D eigenvalue weighted by Gasteiger charge is 2.40. The first kappa shape index (κ1) is 14.1. The molecule has 19 heavy (non-hydrogen) atoms. The minimum Gasteiger partial charge on any atom is -0.274 e. The molecule has 0 heterocycles. The van der Waals surface area contributed by atoms with Crippen molar-refractivity contribution >= 4 is 15.9 Å². The number of amides is 1. The number of hydrogen-bond acceptors (Lipinski definition) is 3. The Bertz CT molecular complexity index is 607. The molecule has 104 valence electrons. The molecule has 1 fully saturated rings. The number of sulfonamides is 1. The van der Waals surface area contributed by atoms with Gasteiger partial charge in [0.05, 0.1) is 5.75 Å². The molecule has 4 nitrogen and oxygen atoms in total. The van der Waals surface area contributed by atoms with Crippen molar-refractivity contribution in [2.45, 2.75) is 32.9 Å². The third-order valence-corrected chi connectivity index (χ3v) is 4.76. The zero-order valence-electron chi connectivity index (χ0n) is 11.4. The molecule has 1 aliphatic rings. The average Bonchev–Trinajstić information content (AvgIpc) is 3.00. The van der Waals surface area contributed by atoms with Crippen molar-refractivity contribution in [3.05, 3.63) is 34.9 Å². The van der Waals surface area contributed by atoms with Crippen LogP contribution >= 0.6 is 0 Å². The first-order chi connectivity index (χ1) is 8.78. The standard InChI is InChI=1S/C14H19NO3S/c1-9-4-5-10(2)12(6-9)8-19(17,18)15-14(16)13-7-11(13)3/h4-6,11,13H,7-8H2,1-3H3,(H,15,16)/t11-,13-/m1/s1. The van der Waals surface area contributed by atoms with Crippen LogP contribution in [0, 0.1) is 25.7 Å². The fraction of sp³-hybridized carbons (Fsp3) is 0.500. The molecule has 1 aromatic rings. The fourth-order valence-corrected chi connectivity index (χ4v) is 3.36. The molecule has 0 saturated heterocycles. The fourth-order valence-electron chi connectivity index (χ4n) is 2.11. The Labute approximate surface area is 114 Å². The van der Waals surface area contributed by atoms with Crippen LogP contribution in [0.5, 0.6) is 0 Å². The van der Waals surface area contributed by atoms with Gasteiger partial charge in [-0.05, 0) is 37.3 Å². The number of carbonyl (C=O) groups is 1. The van der Waals surface area contributed by atoms with Gasteiger partial charge in [-0.1, -0.05) is 30.7 Å². The zero-order chi connectivity index (χ0) is 14.2. The number of rotatable bonds is 4. The molecule has 0 spiro atoms. The van der Waals surface area contributed by atoms with Crippen molar-refractivity contribution < 1.29 is 13.2 Å². The zero-order valence-corrected chi connectivity index (χ0v) is 12.3. The van der Waals surface area contributed by atoms with Gasteiger partial charge in [0.15, 0.2) is 0 Å². The highest BCUT2D eigenvalue weighted by atomic mass is 32.2. The van der Waals surface area contributed by atoms with E-state index in [1.807, 2.05) is 39.0 Å². The Morgan fingerprint density at radius 3 is 2.58 bits per heavy atom. The van der Waals surface area contributed by atoms with Crippen molar-refractivity contribution in [1.29, 1.82) is 0 Å². The monoisotopic (exact) mass is 281 g/mol. The van der Waals surface area contributed by atoms with Gasteiger partial charge in [0, 0.05) is 5.92 Å². The quantitative estimate of drug-likeness (QED) is 0.917. The molecule has 1 N–H and O–H groups in total. The third kappa shape index (κ3) is 3.56. The summed E-state index contributed by atoms with van der Waals surface area (Å²) in [4.78, 5) is 11.7. The summed E-state index contributed by atoms with van der Waals surface area (Å²) in [5.74, 6) is -0.338. The highest BCUT2D eigenvalue weighted by molar-refractivity contribution is 7.89. The van der Waals surface area contributed by atoms with E-state index in [1.165, 1.54) is 0 Å². The Morgan fingerprint density at radius 2 is 2.00 bits per heavy atom. The molecule has 1 aliphatic carbocycles. The summed E-state index contributed by atoms with van der Waals surface area (Å²) in [6.07, 6.45) is 0.783. The molecule has 1 aromatic carbocycles. The van der Waals surface area contributed by atoms with E-state index >= 15 is 0 Å². The van der Waals surface area contributed by atoms with Crippen LogP contribution in [0.4, 0.5) is 0 Å². The molecule has 1 saturated carbocycles. The van der Waals surface area contributed by atoms with Crippen molar-refractivity contribution in [2.24, 2.45) is 11.8 Å². The van der Waals surface area contributed by atoms with Gasteiger partial charge >= 0.3 is 0 Å². The summed E-state index contributed by atoms with van der Waals surface area (Å²) in [5.41, 5.74) is 2.67. The molecule has 1 amide bonds. The van der Waals surface area contributed by atoms with Gasteiger partial charge in [0.2, 0.25) is 15.9 Å². The maximum Gasteiger partial charge on any atom is 0.239 e. The minimum absolute atomic E-state index is 0.131. The first-order valence-electron chi connectivity index (χ1n) is 6.39. The Hall–Kier alpha value is -1.36. The molecular formula is C14H19NO3S. The maximum absolute atomic E-state index is 12.0. The molecule has 0 bridgehead atoms. The predicted octanol–water partition coefficient (Wildman–Crippen LogP) is 1.91. The van der Waals surface area contributed by atoms with E-state index in [2.05, 4.69) is 4.72 Å². The van der Waals surface area contributed by atoms with Crippen LogP contribution < -0.4 is 4.72 Å². The lowest BCUT2D eigenvalue weighted by molar-refractivity contribution is -0.120. The summed E-state index contributed by atoms with van der Waals surface area (Å²) in [6, 6.07) is 5.68. The third-order valence-electron chi connectivity index (χ3n) is 3.55. The highest BCUT2D eigenvalue weighted by Crippen LogP contribution is 2.37. The number of carbonyl (C=O) groups excluding carboxylic acids is 1. The molecule has 2 atom stereocenters. The second-order valence-corrected chi connectivity index (χ2v) is 7.20. The van der Waals surface area contributed by atoms with Gasteiger partial charge < -0.3 is 0 Å². The summed E-state index contributed by atoms with van der Waals surface area (Å²) >= 11 is 0. The number of benzene rings is 1. The second kappa shape index (κ2) is 4.96. The van der Waals surface area contributed by atoms with E-state index in [-0.39, 0.29) is 17.6 Å². The summed E-state index contributed by atoms with van der Waals surface area (Å²) in [5, 5.41) is 0. The van der Waals surface area contributed by atoms with Crippen molar-refractivity contribution in [3.63, 3.8) is 0 Å². The van der Waals surface area contributed by atoms with Gasteiger partial charge in [-0.15, -0.1) is 0 Å². The van der Waals surface area contributed by atoms with Gasteiger partial charge in [0.1, 0.15) is 0 Å². The van der Waals surface area contributed by atoms with Crippen LogP contribution in [0.2, 0.25) is 0 Å². The van der Waals surface area contributed by atoms with Gasteiger partial charge in [-0.2, -0.15) is 0 Å². The van der Waals surface area contributed by atoms with Crippen LogP contribution in [-0.4, -0.2) is 14.3 Å². The van der Waals surface area contributed by atoms with Crippen molar-refractivity contribution in [3.8, 4) is 0 Å². The lowest BCUT2D eigenvalue weighted by Crippen LogP contribution is -2.33. The molecule has 0 unspecified atom stereocenters. The number of nitrogens with one attached hydrogen (secondary N) is 1. The summed E-state index contributed by atoms with van der Waals surface area (Å²) in [6.45, 7) is 5.73. The van der Waals surface area contributed by atoms with Crippen LogP contribution in [-0.2, 0) is 20.6 Å². The normalized spacial score (nSPS) is 22.1. The van der Waals surface area contributed by atoms with E-state index < -0.39 is 10.0 Å². The van der Waals surface area contributed by atoms with Crippen LogP contribution in [0.1, 0.15) is 30.0 Å². The molecule has 0 aliphatic heterocycles.